The van der Waals surface area contributed by atoms with Crippen LogP contribution in [-0.2, 0) is 4.79 Å². The maximum Gasteiger partial charge on any atom is 0.243 e. The summed E-state index contributed by atoms with van der Waals surface area (Å²) in [5.74, 6) is 2.61. The van der Waals surface area contributed by atoms with Crippen molar-refractivity contribution in [1.82, 2.24) is 0 Å². The molecular formula is C24H26N2O3. The van der Waals surface area contributed by atoms with Crippen LogP contribution in [0.4, 0.5) is 11.4 Å². The number of para-hydroxylation sites is 1. The molecule has 0 heterocycles. The van der Waals surface area contributed by atoms with Gasteiger partial charge < -0.3 is 20.1 Å². The molecule has 0 atom stereocenters. The molecule has 0 radical (unpaired) electrons. The molecule has 5 heteroatoms. The van der Waals surface area contributed by atoms with E-state index in [1.54, 1.807) is 0 Å². The molecule has 0 aliphatic carbocycles. The third-order valence-electron chi connectivity index (χ3n) is 3.99. The van der Waals surface area contributed by atoms with Crippen LogP contribution >= 0.6 is 0 Å². The lowest BCUT2D eigenvalue weighted by Crippen LogP contribution is -2.21. The molecule has 0 saturated heterocycles. The van der Waals surface area contributed by atoms with E-state index in [9.17, 15) is 4.79 Å². The van der Waals surface area contributed by atoms with E-state index in [0.29, 0.717) is 24.0 Å². The summed E-state index contributed by atoms with van der Waals surface area (Å²) in [5.41, 5.74) is 1.55. The van der Waals surface area contributed by atoms with Crippen LogP contribution in [0.3, 0.4) is 0 Å². The van der Waals surface area contributed by atoms with Gasteiger partial charge in [-0.15, -0.1) is 0 Å². The monoisotopic (exact) mass is 390 g/mol. The van der Waals surface area contributed by atoms with E-state index in [-0.39, 0.29) is 12.5 Å². The van der Waals surface area contributed by atoms with E-state index in [1.807, 2.05) is 78.9 Å². The average molecular weight is 390 g/mol. The van der Waals surface area contributed by atoms with E-state index in [1.165, 1.54) is 0 Å². The van der Waals surface area contributed by atoms with Crippen LogP contribution in [0, 0.1) is 5.92 Å². The number of carbonyl (C=O) groups excluding carboxylic acids is 1. The van der Waals surface area contributed by atoms with E-state index in [0.717, 1.165) is 17.2 Å². The quantitative estimate of drug-likeness (QED) is 0.502. The number of hydrogen-bond donors (Lipinski definition) is 2. The fraction of sp³-hybridized carbons (Fsp3) is 0.208. The molecule has 0 fully saturated rings. The Labute approximate surface area is 171 Å². The van der Waals surface area contributed by atoms with Gasteiger partial charge >= 0.3 is 0 Å². The fourth-order valence-corrected chi connectivity index (χ4v) is 2.58. The molecule has 3 rings (SSSR count). The van der Waals surface area contributed by atoms with Crippen LogP contribution in [-0.4, -0.2) is 19.1 Å². The van der Waals surface area contributed by atoms with Crippen molar-refractivity contribution >= 4 is 17.3 Å². The van der Waals surface area contributed by atoms with Gasteiger partial charge in [-0.3, -0.25) is 4.79 Å². The maximum absolute atomic E-state index is 12.2. The molecule has 3 aromatic carbocycles. The van der Waals surface area contributed by atoms with Gasteiger partial charge in [0.15, 0.2) is 0 Å². The summed E-state index contributed by atoms with van der Waals surface area (Å²) in [6.45, 7) is 5.03. The summed E-state index contributed by atoms with van der Waals surface area (Å²) in [7, 11) is 0. The van der Waals surface area contributed by atoms with Gasteiger partial charge in [-0.1, -0.05) is 38.1 Å². The lowest BCUT2D eigenvalue weighted by molar-refractivity contribution is -0.114. The topological polar surface area (TPSA) is 59.6 Å². The highest BCUT2D eigenvalue weighted by Crippen LogP contribution is 2.22. The van der Waals surface area contributed by atoms with Crippen molar-refractivity contribution in [3.05, 3.63) is 78.9 Å². The van der Waals surface area contributed by atoms with Gasteiger partial charge in [-0.2, -0.15) is 0 Å². The van der Waals surface area contributed by atoms with Gasteiger partial charge in [0.1, 0.15) is 17.2 Å². The summed E-state index contributed by atoms with van der Waals surface area (Å²) < 4.78 is 11.5. The molecule has 0 unspecified atom stereocenters. The Bertz CT molecular complexity index is 909. The Morgan fingerprint density at radius 2 is 1.52 bits per heavy atom. The third-order valence-corrected chi connectivity index (χ3v) is 3.99. The van der Waals surface area contributed by atoms with E-state index >= 15 is 0 Å². The Kier molecular flexibility index (Phi) is 7.11. The van der Waals surface area contributed by atoms with E-state index in [4.69, 9.17) is 9.47 Å². The van der Waals surface area contributed by atoms with Crippen LogP contribution in [0.5, 0.6) is 17.2 Å². The number of carbonyl (C=O) groups is 1. The molecule has 1 amide bonds. The molecule has 5 nitrogen and oxygen atoms in total. The standard InChI is InChI=1S/C24H26N2O3/c1-18(2)17-28-23-10-6-7-20(15-23)25-16-24(27)26-19-11-13-22(14-12-19)29-21-8-4-3-5-9-21/h3-15,18,25H,16-17H2,1-2H3,(H,26,27). The predicted molar refractivity (Wildman–Crippen MR) is 117 cm³/mol. The normalized spacial score (nSPS) is 10.4. The second kappa shape index (κ2) is 10.2. The first-order valence-corrected chi connectivity index (χ1v) is 9.68. The predicted octanol–water partition coefficient (Wildman–Crippen LogP) is 5.56. The lowest BCUT2D eigenvalue weighted by Gasteiger charge is -2.12. The van der Waals surface area contributed by atoms with Crippen LogP contribution in [0.25, 0.3) is 0 Å². The Morgan fingerprint density at radius 3 is 2.24 bits per heavy atom. The Balaban J connectivity index is 1.47. The summed E-state index contributed by atoms with van der Waals surface area (Å²) >= 11 is 0. The summed E-state index contributed by atoms with van der Waals surface area (Å²) in [6.07, 6.45) is 0. The minimum atomic E-state index is -0.129. The molecular weight excluding hydrogens is 364 g/mol. The number of hydrogen-bond acceptors (Lipinski definition) is 4. The first-order chi connectivity index (χ1) is 14.1. The molecule has 3 aromatic rings. The van der Waals surface area contributed by atoms with Gasteiger partial charge in [-0.05, 0) is 54.4 Å². The van der Waals surface area contributed by atoms with Gasteiger partial charge in [0.05, 0.1) is 13.2 Å². The van der Waals surface area contributed by atoms with E-state index in [2.05, 4.69) is 24.5 Å². The van der Waals surface area contributed by atoms with Crippen LogP contribution < -0.4 is 20.1 Å². The largest absolute Gasteiger partial charge is 0.493 e. The first-order valence-electron chi connectivity index (χ1n) is 9.68. The highest BCUT2D eigenvalue weighted by molar-refractivity contribution is 5.93. The van der Waals surface area contributed by atoms with Gasteiger partial charge in [0.2, 0.25) is 5.91 Å². The first kappa shape index (κ1) is 20.3. The molecule has 29 heavy (non-hydrogen) atoms. The molecule has 2 N–H and O–H groups in total. The van der Waals surface area contributed by atoms with Crippen LogP contribution in [0.1, 0.15) is 13.8 Å². The zero-order chi connectivity index (χ0) is 20.5. The van der Waals surface area contributed by atoms with Crippen molar-refractivity contribution < 1.29 is 14.3 Å². The minimum Gasteiger partial charge on any atom is -0.493 e. The van der Waals surface area contributed by atoms with Crippen LogP contribution in [0.15, 0.2) is 78.9 Å². The number of ether oxygens (including phenoxy) is 2. The average Bonchev–Trinajstić information content (AvgIpc) is 2.73. The number of amides is 1. The summed E-state index contributed by atoms with van der Waals surface area (Å²) in [4.78, 5) is 12.2. The molecule has 0 saturated carbocycles. The summed E-state index contributed by atoms with van der Waals surface area (Å²) in [6, 6.07) is 24.5. The third kappa shape index (κ3) is 6.88. The smallest absolute Gasteiger partial charge is 0.243 e. The second-order valence-electron chi connectivity index (χ2n) is 7.07. The number of anilines is 2. The molecule has 0 spiro atoms. The van der Waals surface area contributed by atoms with Crippen molar-refractivity contribution in [2.75, 3.05) is 23.8 Å². The second-order valence-corrected chi connectivity index (χ2v) is 7.07. The van der Waals surface area contributed by atoms with Crippen molar-refractivity contribution in [3.8, 4) is 17.2 Å². The number of rotatable bonds is 9. The van der Waals surface area contributed by atoms with Gasteiger partial charge in [0, 0.05) is 17.4 Å². The molecule has 0 aliphatic heterocycles. The SMILES string of the molecule is CC(C)COc1cccc(NCC(=O)Nc2ccc(Oc3ccccc3)cc2)c1. The van der Waals surface area contributed by atoms with Crippen molar-refractivity contribution in [3.63, 3.8) is 0 Å². The number of benzene rings is 3. The Hall–Kier alpha value is -3.47. The van der Waals surface area contributed by atoms with Crippen molar-refractivity contribution in [1.29, 1.82) is 0 Å². The van der Waals surface area contributed by atoms with Crippen molar-refractivity contribution in [2.45, 2.75) is 13.8 Å². The zero-order valence-electron chi connectivity index (χ0n) is 16.7. The van der Waals surface area contributed by atoms with Gasteiger partial charge in [-0.25, -0.2) is 0 Å². The van der Waals surface area contributed by atoms with Crippen molar-refractivity contribution in [2.24, 2.45) is 5.92 Å². The molecule has 0 aromatic heterocycles. The van der Waals surface area contributed by atoms with Gasteiger partial charge in [0.25, 0.3) is 0 Å². The maximum atomic E-state index is 12.2. The molecule has 150 valence electrons. The highest BCUT2D eigenvalue weighted by Gasteiger charge is 2.05. The Morgan fingerprint density at radius 1 is 0.828 bits per heavy atom. The summed E-state index contributed by atoms with van der Waals surface area (Å²) in [5, 5.41) is 5.99. The highest BCUT2D eigenvalue weighted by atomic mass is 16.5. The molecule has 0 bridgehead atoms. The lowest BCUT2D eigenvalue weighted by atomic mass is 10.2. The zero-order valence-corrected chi connectivity index (χ0v) is 16.7. The van der Waals surface area contributed by atoms with E-state index < -0.39 is 0 Å². The fourth-order valence-electron chi connectivity index (χ4n) is 2.58. The molecule has 0 aliphatic rings. The number of nitrogens with one attached hydrogen (secondary N) is 2. The minimum absolute atomic E-state index is 0.129. The van der Waals surface area contributed by atoms with Crippen LogP contribution in [0.2, 0.25) is 0 Å².